The lowest BCUT2D eigenvalue weighted by atomic mass is 10.1. The summed E-state index contributed by atoms with van der Waals surface area (Å²) in [5, 5.41) is 8.16. The van der Waals surface area contributed by atoms with Gasteiger partial charge in [0.25, 0.3) is 5.91 Å². The molecule has 1 aromatic rings. The first-order chi connectivity index (χ1) is 9.20. The Labute approximate surface area is 124 Å². The van der Waals surface area contributed by atoms with Gasteiger partial charge in [0.05, 0.1) is 4.90 Å². The van der Waals surface area contributed by atoms with Gasteiger partial charge >= 0.3 is 0 Å². The molecule has 0 saturated heterocycles. The van der Waals surface area contributed by atoms with E-state index in [1.54, 1.807) is 6.92 Å². The third kappa shape index (κ3) is 3.94. The molecule has 1 rings (SSSR count). The van der Waals surface area contributed by atoms with Crippen molar-refractivity contribution in [2.75, 3.05) is 0 Å². The number of carbonyl (C=O) groups excluding carboxylic acids is 1. The van der Waals surface area contributed by atoms with Gasteiger partial charge in [-0.2, -0.15) is 0 Å². The SMILES string of the molecule is CCC(CC)NC(=O)c1cc(Cl)c(C)c(S(N)(=O)=O)c1. The number of rotatable bonds is 5. The predicted molar refractivity (Wildman–Crippen MR) is 79.4 cm³/mol. The number of nitrogens with two attached hydrogens (primary N) is 1. The molecule has 0 aliphatic rings. The highest BCUT2D eigenvalue weighted by Crippen LogP contribution is 2.24. The van der Waals surface area contributed by atoms with Crippen LogP contribution in [0.1, 0.15) is 42.6 Å². The van der Waals surface area contributed by atoms with Crippen LogP contribution in [0.3, 0.4) is 0 Å². The molecule has 0 radical (unpaired) electrons. The molecular formula is C13H19ClN2O3S. The number of benzene rings is 1. The Hall–Kier alpha value is -1.11. The van der Waals surface area contributed by atoms with Crippen molar-refractivity contribution in [2.45, 2.75) is 44.6 Å². The van der Waals surface area contributed by atoms with Gasteiger partial charge in [-0.1, -0.05) is 25.4 Å². The zero-order valence-electron chi connectivity index (χ0n) is 11.7. The Kier molecular flexibility index (Phi) is 5.56. The highest BCUT2D eigenvalue weighted by atomic mass is 35.5. The second-order valence-electron chi connectivity index (χ2n) is 4.61. The maximum atomic E-state index is 12.1. The Morgan fingerprint density at radius 3 is 2.35 bits per heavy atom. The average molecular weight is 319 g/mol. The molecule has 0 aromatic heterocycles. The quantitative estimate of drug-likeness (QED) is 0.872. The number of halogens is 1. The molecule has 0 aliphatic heterocycles. The van der Waals surface area contributed by atoms with E-state index in [2.05, 4.69) is 5.32 Å². The molecule has 7 heteroatoms. The summed E-state index contributed by atoms with van der Waals surface area (Å²) >= 11 is 5.97. The van der Waals surface area contributed by atoms with Gasteiger partial charge in [0.2, 0.25) is 10.0 Å². The summed E-state index contributed by atoms with van der Waals surface area (Å²) in [6.45, 7) is 5.48. The van der Waals surface area contributed by atoms with E-state index >= 15 is 0 Å². The highest BCUT2D eigenvalue weighted by Gasteiger charge is 2.19. The molecular weight excluding hydrogens is 300 g/mol. The topological polar surface area (TPSA) is 89.3 Å². The Balaban J connectivity index is 3.21. The lowest BCUT2D eigenvalue weighted by Gasteiger charge is -2.16. The predicted octanol–water partition coefficient (Wildman–Crippen LogP) is 2.21. The summed E-state index contributed by atoms with van der Waals surface area (Å²) in [5.74, 6) is -0.356. The summed E-state index contributed by atoms with van der Waals surface area (Å²) in [4.78, 5) is 12.0. The van der Waals surface area contributed by atoms with E-state index in [0.717, 1.165) is 12.8 Å². The molecule has 0 atom stereocenters. The van der Waals surface area contributed by atoms with Crippen molar-refractivity contribution in [2.24, 2.45) is 5.14 Å². The molecule has 3 N–H and O–H groups in total. The summed E-state index contributed by atoms with van der Waals surface area (Å²) in [6.07, 6.45) is 1.59. The Morgan fingerprint density at radius 2 is 1.90 bits per heavy atom. The smallest absolute Gasteiger partial charge is 0.251 e. The molecule has 0 aliphatic carbocycles. The summed E-state index contributed by atoms with van der Waals surface area (Å²) in [5.41, 5.74) is 0.532. The molecule has 1 aromatic carbocycles. The largest absolute Gasteiger partial charge is 0.349 e. The van der Waals surface area contributed by atoms with Crippen LogP contribution in [0.2, 0.25) is 5.02 Å². The molecule has 0 fully saturated rings. The van der Waals surface area contributed by atoms with Crippen LogP contribution in [0.15, 0.2) is 17.0 Å². The fraction of sp³-hybridized carbons (Fsp3) is 0.462. The van der Waals surface area contributed by atoms with Crippen LogP contribution in [0.4, 0.5) is 0 Å². The lowest BCUT2D eigenvalue weighted by molar-refractivity contribution is 0.0934. The van der Waals surface area contributed by atoms with E-state index in [1.807, 2.05) is 13.8 Å². The first kappa shape index (κ1) is 16.9. The maximum Gasteiger partial charge on any atom is 0.251 e. The number of sulfonamides is 1. The van der Waals surface area contributed by atoms with Crippen molar-refractivity contribution >= 4 is 27.5 Å². The van der Waals surface area contributed by atoms with Crippen molar-refractivity contribution in [3.05, 3.63) is 28.3 Å². The van der Waals surface area contributed by atoms with Crippen LogP contribution < -0.4 is 10.5 Å². The van der Waals surface area contributed by atoms with Crippen LogP contribution in [-0.4, -0.2) is 20.4 Å². The fourth-order valence-electron chi connectivity index (χ4n) is 1.84. The number of primary sulfonamides is 1. The number of carbonyl (C=O) groups is 1. The van der Waals surface area contributed by atoms with Gasteiger partial charge in [0.15, 0.2) is 0 Å². The molecule has 20 heavy (non-hydrogen) atoms. The number of hydrogen-bond donors (Lipinski definition) is 2. The molecule has 112 valence electrons. The van der Waals surface area contributed by atoms with E-state index in [0.29, 0.717) is 5.56 Å². The van der Waals surface area contributed by atoms with Crippen LogP contribution in [0, 0.1) is 6.92 Å². The van der Waals surface area contributed by atoms with E-state index < -0.39 is 10.0 Å². The molecule has 0 saturated carbocycles. The van der Waals surface area contributed by atoms with E-state index in [-0.39, 0.29) is 27.4 Å². The summed E-state index contributed by atoms with van der Waals surface area (Å²) in [6, 6.07) is 2.75. The lowest BCUT2D eigenvalue weighted by Crippen LogP contribution is -2.34. The van der Waals surface area contributed by atoms with Gasteiger partial charge in [-0.15, -0.1) is 0 Å². The second-order valence-corrected chi connectivity index (χ2v) is 6.55. The monoisotopic (exact) mass is 318 g/mol. The first-order valence-electron chi connectivity index (χ1n) is 6.34. The zero-order chi connectivity index (χ0) is 15.5. The third-order valence-corrected chi connectivity index (χ3v) is 4.62. The van der Waals surface area contributed by atoms with E-state index in [4.69, 9.17) is 16.7 Å². The highest BCUT2D eigenvalue weighted by molar-refractivity contribution is 7.89. The molecule has 0 bridgehead atoms. The van der Waals surface area contributed by atoms with Gasteiger partial charge < -0.3 is 5.32 Å². The minimum atomic E-state index is -3.92. The van der Waals surface area contributed by atoms with Crippen LogP contribution in [0.5, 0.6) is 0 Å². The standard InChI is InChI=1S/C13H19ClN2O3S/c1-4-10(5-2)16-13(17)9-6-11(14)8(3)12(7-9)20(15,18)19/h6-7,10H,4-5H2,1-3H3,(H,16,17)(H2,15,18,19). The molecule has 5 nitrogen and oxygen atoms in total. The van der Waals surface area contributed by atoms with Crippen LogP contribution in [-0.2, 0) is 10.0 Å². The Morgan fingerprint density at radius 1 is 1.35 bits per heavy atom. The van der Waals surface area contributed by atoms with Gasteiger partial charge in [0.1, 0.15) is 0 Å². The van der Waals surface area contributed by atoms with Crippen molar-refractivity contribution in [3.8, 4) is 0 Å². The minimum Gasteiger partial charge on any atom is -0.349 e. The van der Waals surface area contributed by atoms with E-state index in [1.165, 1.54) is 12.1 Å². The summed E-state index contributed by atoms with van der Waals surface area (Å²) in [7, 11) is -3.92. The van der Waals surface area contributed by atoms with Crippen molar-refractivity contribution in [1.82, 2.24) is 5.32 Å². The maximum absolute atomic E-state index is 12.1. The van der Waals surface area contributed by atoms with Gasteiger partial charge in [-0.3, -0.25) is 4.79 Å². The fourth-order valence-corrected chi connectivity index (χ4v) is 2.95. The number of amides is 1. The third-order valence-electron chi connectivity index (χ3n) is 3.19. The van der Waals surface area contributed by atoms with Crippen molar-refractivity contribution < 1.29 is 13.2 Å². The Bertz CT molecular complexity index is 610. The summed E-state index contributed by atoms with van der Waals surface area (Å²) < 4.78 is 23.0. The first-order valence-corrected chi connectivity index (χ1v) is 8.26. The number of nitrogens with one attached hydrogen (secondary N) is 1. The minimum absolute atomic E-state index is 0.0421. The molecule has 1 amide bonds. The molecule has 0 unspecified atom stereocenters. The average Bonchev–Trinajstić information content (AvgIpc) is 2.37. The number of hydrogen-bond acceptors (Lipinski definition) is 3. The second kappa shape index (κ2) is 6.56. The van der Waals surface area contributed by atoms with Gasteiger partial charge in [-0.25, -0.2) is 13.6 Å². The normalized spacial score (nSPS) is 11.7. The van der Waals surface area contributed by atoms with Gasteiger partial charge in [0, 0.05) is 16.6 Å². The van der Waals surface area contributed by atoms with Crippen molar-refractivity contribution in [1.29, 1.82) is 0 Å². The van der Waals surface area contributed by atoms with Crippen LogP contribution in [0.25, 0.3) is 0 Å². The van der Waals surface area contributed by atoms with Crippen LogP contribution >= 0.6 is 11.6 Å². The van der Waals surface area contributed by atoms with Gasteiger partial charge in [-0.05, 0) is 37.5 Å². The van der Waals surface area contributed by atoms with Crippen molar-refractivity contribution in [3.63, 3.8) is 0 Å². The molecule has 0 heterocycles. The van der Waals surface area contributed by atoms with E-state index in [9.17, 15) is 13.2 Å². The zero-order valence-corrected chi connectivity index (χ0v) is 13.3. The molecule has 0 spiro atoms.